The molecule has 0 atom stereocenters. The Labute approximate surface area is 127 Å². The van der Waals surface area contributed by atoms with Crippen LogP contribution >= 0.6 is 0 Å². The fourth-order valence-electron chi connectivity index (χ4n) is 2.66. The molecule has 2 N–H and O–H groups in total. The van der Waals surface area contributed by atoms with Gasteiger partial charge in [0.25, 0.3) is 10.2 Å². The molecule has 0 unspecified atom stereocenters. The third-order valence-corrected chi connectivity index (χ3v) is 5.85. The maximum Gasteiger partial charge on any atom is 0.282 e. The van der Waals surface area contributed by atoms with E-state index in [0.29, 0.717) is 26.2 Å². The highest BCUT2D eigenvalue weighted by molar-refractivity contribution is 7.86. The van der Waals surface area contributed by atoms with E-state index >= 15 is 0 Å². The summed E-state index contributed by atoms with van der Waals surface area (Å²) in [6.45, 7) is 2.12. The van der Waals surface area contributed by atoms with Crippen LogP contribution in [0.25, 0.3) is 0 Å². The summed E-state index contributed by atoms with van der Waals surface area (Å²) in [6, 6.07) is 7.78. The fourth-order valence-corrected chi connectivity index (χ4v) is 4.09. The van der Waals surface area contributed by atoms with Crippen molar-refractivity contribution >= 4 is 10.2 Å². The highest BCUT2D eigenvalue weighted by atomic mass is 32.2. The average molecular weight is 311 g/mol. The molecule has 2 rings (SSSR count). The Balaban J connectivity index is 2.08. The number of hydrogen-bond acceptors (Lipinski definition) is 3. The lowest BCUT2D eigenvalue weighted by Crippen LogP contribution is -2.42. The predicted molar refractivity (Wildman–Crippen MR) is 84.8 cm³/mol. The van der Waals surface area contributed by atoms with Crippen molar-refractivity contribution in [2.45, 2.75) is 38.8 Å². The maximum atomic E-state index is 12.6. The lowest BCUT2D eigenvalue weighted by atomic mass is 10.1. The van der Waals surface area contributed by atoms with E-state index in [9.17, 15) is 8.42 Å². The smallest absolute Gasteiger partial charge is 0.282 e. The van der Waals surface area contributed by atoms with E-state index in [1.54, 1.807) is 11.4 Å². The molecule has 0 aliphatic carbocycles. The molecule has 1 heterocycles. The summed E-state index contributed by atoms with van der Waals surface area (Å²) in [4.78, 5) is 0. The van der Waals surface area contributed by atoms with E-state index in [4.69, 9.17) is 5.73 Å². The molecule has 1 aliphatic heterocycles. The quantitative estimate of drug-likeness (QED) is 0.900. The van der Waals surface area contributed by atoms with Gasteiger partial charge in [-0.25, -0.2) is 0 Å². The number of nitrogens with two attached hydrogens (primary N) is 1. The van der Waals surface area contributed by atoms with Crippen molar-refractivity contribution < 1.29 is 8.42 Å². The van der Waals surface area contributed by atoms with Gasteiger partial charge in [0.05, 0.1) is 0 Å². The lowest BCUT2D eigenvalue weighted by molar-refractivity contribution is 0.363. The second kappa shape index (κ2) is 7.35. The molecule has 0 saturated carbocycles. The summed E-state index contributed by atoms with van der Waals surface area (Å²) in [5, 5.41) is 0. The van der Waals surface area contributed by atoms with Crippen LogP contribution in [0.1, 0.15) is 36.8 Å². The van der Waals surface area contributed by atoms with Crippen molar-refractivity contribution in [3.8, 4) is 0 Å². The molecule has 0 radical (unpaired) electrons. The first-order chi connectivity index (χ1) is 10.0. The van der Waals surface area contributed by atoms with Crippen molar-refractivity contribution in [1.82, 2.24) is 8.61 Å². The topological polar surface area (TPSA) is 66.6 Å². The molecule has 0 amide bonds. The molecule has 0 bridgehead atoms. The molecular formula is C15H25N3O2S. The molecule has 1 aromatic carbocycles. The molecule has 118 valence electrons. The van der Waals surface area contributed by atoms with Crippen molar-refractivity contribution in [3.63, 3.8) is 0 Å². The van der Waals surface area contributed by atoms with Crippen LogP contribution in [0.5, 0.6) is 0 Å². The minimum Gasteiger partial charge on any atom is -0.326 e. The SMILES string of the molecule is CN(Cc1cccc(CN)c1)S(=O)(=O)N1CCCCCC1. The van der Waals surface area contributed by atoms with Gasteiger partial charge in [0.1, 0.15) is 0 Å². The van der Waals surface area contributed by atoms with Crippen LogP contribution < -0.4 is 5.73 Å². The van der Waals surface area contributed by atoms with E-state index in [0.717, 1.165) is 36.8 Å². The largest absolute Gasteiger partial charge is 0.326 e. The zero-order valence-electron chi connectivity index (χ0n) is 12.7. The molecule has 1 saturated heterocycles. The summed E-state index contributed by atoms with van der Waals surface area (Å²) in [5.74, 6) is 0. The first kappa shape index (κ1) is 16.4. The first-order valence-corrected chi connectivity index (χ1v) is 8.93. The summed E-state index contributed by atoms with van der Waals surface area (Å²) in [7, 11) is -1.72. The minimum atomic E-state index is -3.37. The molecule has 0 aromatic heterocycles. The van der Waals surface area contributed by atoms with Gasteiger partial charge in [-0.3, -0.25) is 0 Å². The van der Waals surface area contributed by atoms with Gasteiger partial charge in [-0.15, -0.1) is 0 Å². The first-order valence-electron chi connectivity index (χ1n) is 7.53. The van der Waals surface area contributed by atoms with Gasteiger partial charge < -0.3 is 5.73 Å². The summed E-state index contributed by atoms with van der Waals surface area (Å²) >= 11 is 0. The zero-order chi connectivity index (χ0) is 15.3. The number of rotatable bonds is 5. The van der Waals surface area contributed by atoms with Gasteiger partial charge in [0, 0.05) is 33.2 Å². The molecule has 1 aliphatic rings. The standard InChI is InChI=1S/C15H25N3O2S/c1-17(13-15-8-6-7-14(11-15)12-16)21(19,20)18-9-4-2-3-5-10-18/h6-8,11H,2-5,9-10,12-13,16H2,1H3. The van der Waals surface area contributed by atoms with Gasteiger partial charge in [-0.05, 0) is 24.0 Å². The van der Waals surface area contributed by atoms with E-state index in [-0.39, 0.29) is 0 Å². The highest BCUT2D eigenvalue weighted by Crippen LogP contribution is 2.17. The van der Waals surface area contributed by atoms with E-state index < -0.39 is 10.2 Å². The van der Waals surface area contributed by atoms with Crippen LogP contribution in [0.15, 0.2) is 24.3 Å². The Morgan fingerprint density at radius 3 is 2.38 bits per heavy atom. The number of hydrogen-bond donors (Lipinski definition) is 1. The maximum absolute atomic E-state index is 12.6. The third kappa shape index (κ3) is 4.26. The van der Waals surface area contributed by atoms with Crippen molar-refractivity contribution in [1.29, 1.82) is 0 Å². The third-order valence-electron chi connectivity index (χ3n) is 3.92. The van der Waals surface area contributed by atoms with E-state index in [1.807, 2.05) is 24.3 Å². The van der Waals surface area contributed by atoms with Gasteiger partial charge in [-0.2, -0.15) is 17.0 Å². The fraction of sp³-hybridized carbons (Fsp3) is 0.600. The van der Waals surface area contributed by atoms with E-state index in [1.165, 1.54) is 4.31 Å². The Hall–Kier alpha value is -0.950. The number of nitrogens with zero attached hydrogens (tertiary/aromatic N) is 2. The van der Waals surface area contributed by atoms with Crippen LogP contribution in [-0.4, -0.2) is 37.2 Å². The minimum absolute atomic E-state index is 0.382. The predicted octanol–water partition coefficient (Wildman–Crippen LogP) is 1.70. The summed E-state index contributed by atoms with van der Waals surface area (Å²) < 4.78 is 28.3. The van der Waals surface area contributed by atoms with Crippen LogP contribution in [0, 0.1) is 0 Å². The lowest BCUT2D eigenvalue weighted by Gasteiger charge is -2.26. The Kier molecular flexibility index (Phi) is 5.75. The molecule has 1 fully saturated rings. The molecule has 21 heavy (non-hydrogen) atoms. The summed E-state index contributed by atoms with van der Waals surface area (Å²) in [5.41, 5.74) is 7.62. The van der Waals surface area contributed by atoms with Crippen LogP contribution in [0.4, 0.5) is 0 Å². The number of benzene rings is 1. The second-order valence-corrected chi connectivity index (χ2v) is 7.64. The van der Waals surface area contributed by atoms with Gasteiger partial charge in [-0.1, -0.05) is 37.1 Å². The van der Waals surface area contributed by atoms with Gasteiger partial charge in [0.2, 0.25) is 0 Å². The summed E-state index contributed by atoms with van der Waals surface area (Å²) in [6.07, 6.45) is 4.15. The Morgan fingerprint density at radius 1 is 1.14 bits per heavy atom. The Morgan fingerprint density at radius 2 is 1.76 bits per heavy atom. The van der Waals surface area contributed by atoms with Crippen LogP contribution in [0.3, 0.4) is 0 Å². The normalized spacial score (nSPS) is 17.9. The second-order valence-electron chi connectivity index (χ2n) is 5.60. The van der Waals surface area contributed by atoms with Crippen molar-refractivity contribution in [2.24, 2.45) is 5.73 Å². The van der Waals surface area contributed by atoms with Gasteiger partial charge in [0.15, 0.2) is 0 Å². The molecule has 0 spiro atoms. The van der Waals surface area contributed by atoms with Crippen LogP contribution in [-0.2, 0) is 23.3 Å². The molecular weight excluding hydrogens is 286 g/mol. The van der Waals surface area contributed by atoms with Gasteiger partial charge >= 0.3 is 0 Å². The molecule has 6 heteroatoms. The van der Waals surface area contributed by atoms with Crippen molar-refractivity contribution in [2.75, 3.05) is 20.1 Å². The highest BCUT2D eigenvalue weighted by Gasteiger charge is 2.27. The molecule has 5 nitrogen and oxygen atoms in total. The molecule has 1 aromatic rings. The monoisotopic (exact) mass is 311 g/mol. The van der Waals surface area contributed by atoms with Crippen molar-refractivity contribution in [3.05, 3.63) is 35.4 Å². The zero-order valence-corrected chi connectivity index (χ0v) is 13.5. The average Bonchev–Trinajstić information content (AvgIpc) is 2.77. The Bertz CT molecular complexity index is 552. The van der Waals surface area contributed by atoms with Crippen LogP contribution in [0.2, 0.25) is 0 Å². The van der Waals surface area contributed by atoms with E-state index in [2.05, 4.69) is 0 Å².